The monoisotopic (exact) mass is 405 g/mol. The molecule has 3 N–H and O–H groups in total. The minimum Gasteiger partial charge on any atom is -0.336 e. The van der Waals surface area contributed by atoms with Crippen LogP contribution in [0.1, 0.15) is 24.8 Å². The molecule has 1 atom stereocenters. The standard InChI is InChI=1S/C20H25F2N5O2/c21-20(22,12-15-4-2-1-3-5-15)13-16(17(28)26-19(14-23)6-7-19)25-18(29)27-10-8-24-9-11-27/h1-5,16,24H,6-13H2,(H,25,29)(H,26,28). The van der Waals surface area contributed by atoms with Crippen LogP contribution in [0.5, 0.6) is 0 Å². The smallest absolute Gasteiger partial charge is 0.318 e. The minimum absolute atomic E-state index is 0.433. The second-order valence-electron chi connectivity index (χ2n) is 7.64. The third-order valence-corrected chi connectivity index (χ3v) is 5.15. The van der Waals surface area contributed by atoms with Crippen molar-refractivity contribution in [2.75, 3.05) is 26.2 Å². The number of hydrogen-bond acceptors (Lipinski definition) is 4. The molecule has 1 unspecified atom stereocenters. The van der Waals surface area contributed by atoms with Gasteiger partial charge in [-0.15, -0.1) is 0 Å². The zero-order valence-corrected chi connectivity index (χ0v) is 16.1. The first-order valence-electron chi connectivity index (χ1n) is 9.74. The summed E-state index contributed by atoms with van der Waals surface area (Å²) in [6.07, 6.45) is -0.417. The van der Waals surface area contributed by atoms with Gasteiger partial charge < -0.3 is 20.9 Å². The maximum absolute atomic E-state index is 14.7. The molecule has 1 saturated carbocycles. The van der Waals surface area contributed by atoms with E-state index in [0.29, 0.717) is 44.6 Å². The molecular formula is C20H25F2N5O2. The van der Waals surface area contributed by atoms with Crippen molar-refractivity contribution in [1.29, 1.82) is 5.26 Å². The Morgan fingerprint density at radius 2 is 1.90 bits per heavy atom. The average Bonchev–Trinajstić information content (AvgIpc) is 3.48. The summed E-state index contributed by atoms with van der Waals surface area (Å²) in [5, 5.41) is 17.3. The molecule has 0 bridgehead atoms. The van der Waals surface area contributed by atoms with E-state index in [1.54, 1.807) is 30.3 Å². The van der Waals surface area contributed by atoms with Gasteiger partial charge in [0.2, 0.25) is 5.91 Å². The largest absolute Gasteiger partial charge is 0.336 e. The highest BCUT2D eigenvalue weighted by atomic mass is 19.3. The second-order valence-corrected chi connectivity index (χ2v) is 7.64. The van der Waals surface area contributed by atoms with Crippen LogP contribution in [-0.2, 0) is 11.2 Å². The molecule has 3 amide bonds. The van der Waals surface area contributed by atoms with Gasteiger partial charge in [-0.05, 0) is 18.4 Å². The van der Waals surface area contributed by atoms with Gasteiger partial charge in [-0.3, -0.25) is 4.79 Å². The molecule has 1 saturated heterocycles. The predicted octanol–water partition coefficient (Wildman–Crippen LogP) is 1.41. The van der Waals surface area contributed by atoms with E-state index < -0.39 is 42.3 Å². The van der Waals surface area contributed by atoms with Gasteiger partial charge in [0.25, 0.3) is 5.92 Å². The molecule has 0 radical (unpaired) electrons. The van der Waals surface area contributed by atoms with E-state index in [-0.39, 0.29) is 0 Å². The number of hydrogen-bond donors (Lipinski definition) is 3. The Balaban J connectivity index is 1.69. The number of carbonyl (C=O) groups is 2. The molecule has 29 heavy (non-hydrogen) atoms. The fraction of sp³-hybridized carbons (Fsp3) is 0.550. The fourth-order valence-corrected chi connectivity index (χ4v) is 3.30. The van der Waals surface area contributed by atoms with Crippen LogP contribution in [0.2, 0.25) is 0 Å². The molecular weight excluding hydrogens is 380 g/mol. The van der Waals surface area contributed by atoms with Crippen molar-refractivity contribution in [3.63, 3.8) is 0 Å². The first-order valence-corrected chi connectivity index (χ1v) is 9.74. The summed E-state index contributed by atoms with van der Waals surface area (Å²) in [6, 6.07) is 8.30. The molecule has 9 heteroatoms. The minimum atomic E-state index is -3.20. The number of halogens is 2. The van der Waals surface area contributed by atoms with Crippen LogP contribution in [0.4, 0.5) is 13.6 Å². The normalized spacial score (nSPS) is 19.0. The predicted molar refractivity (Wildman–Crippen MR) is 102 cm³/mol. The van der Waals surface area contributed by atoms with Crippen molar-refractivity contribution >= 4 is 11.9 Å². The van der Waals surface area contributed by atoms with Gasteiger partial charge in [0, 0.05) is 39.0 Å². The first-order chi connectivity index (χ1) is 13.8. The van der Waals surface area contributed by atoms with E-state index in [9.17, 15) is 23.6 Å². The van der Waals surface area contributed by atoms with Crippen LogP contribution < -0.4 is 16.0 Å². The van der Waals surface area contributed by atoms with Gasteiger partial charge in [-0.1, -0.05) is 30.3 Å². The Bertz CT molecular complexity index is 771. The Hall–Kier alpha value is -2.73. The number of piperazine rings is 1. The van der Waals surface area contributed by atoms with E-state index in [1.165, 1.54) is 4.90 Å². The van der Waals surface area contributed by atoms with E-state index >= 15 is 0 Å². The van der Waals surface area contributed by atoms with Crippen molar-refractivity contribution in [3.8, 4) is 6.07 Å². The number of carbonyl (C=O) groups excluding carboxylic acids is 2. The highest BCUT2D eigenvalue weighted by molar-refractivity contribution is 5.88. The summed E-state index contributed by atoms with van der Waals surface area (Å²) in [5.74, 6) is -3.95. The van der Waals surface area contributed by atoms with Crippen molar-refractivity contribution in [1.82, 2.24) is 20.9 Å². The number of rotatable bonds is 7. The topological polar surface area (TPSA) is 97.3 Å². The summed E-state index contributed by atoms with van der Waals surface area (Å²) in [6.45, 7) is 2.07. The van der Waals surface area contributed by atoms with Crippen LogP contribution in [0.3, 0.4) is 0 Å². The second kappa shape index (κ2) is 8.74. The Labute approximate surface area is 168 Å². The van der Waals surface area contributed by atoms with Crippen LogP contribution in [-0.4, -0.2) is 60.5 Å². The van der Waals surface area contributed by atoms with E-state index in [0.717, 1.165) is 0 Å². The quantitative estimate of drug-likeness (QED) is 0.639. The zero-order chi connectivity index (χ0) is 20.9. The SMILES string of the molecule is N#CC1(NC(=O)C(CC(F)(F)Cc2ccccc2)NC(=O)N2CCNCC2)CC1. The van der Waals surface area contributed by atoms with Crippen molar-refractivity contribution < 1.29 is 18.4 Å². The van der Waals surface area contributed by atoms with Gasteiger partial charge >= 0.3 is 6.03 Å². The van der Waals surface area contributed by atoms with E-state index in [4.69, 9.17) is 0 Å². The molecule has 156 valence electrons. The average molecular weight is 405 g/mol. The van der Waals surface area contributed by atoms with Crippen molar-refractivity contribution in [2.45, 2.75) is 43.2 Å². The molecule has 2 aliphatic rings. The lowest BCUT2D eigenvalue weighted by atomic mass is 10.00. The summed E-state index contributed by atoms with van der Waals surface area (Å²) in [5.41, 5.74) is -0.551. The Morgan fingerprint density at radius 3 is 2.48 bits per heavy atom. The van der Waals surface area contributed by atoms with E-state index in [2.05, 4.69) is 16.0 Å². The molecule has 2 fully saturated rings. The summed E-state index contributed by atoms with van der Waals surface area (Å²) < 4.78 is 29.4. The lowest BCUT2D eigenvalue weighted by Crippen LogP contribution is -2.57. The molecule has 1 aromatic carbocycles. The summed E-state index contributed by atoms with van der Waals surface area (Å²) in [4.78, 5) is 26.7. The highest BCUT2D eigenvalue weighted by Gasteiger charge is 2.47. The first kappa shape index (κ1) is 21.0. The summed E-state index contributed by atoms with van der Waals surface area (Å²) >= 11 is 0. The van der Waals surface area contributed by atoms with Crippen LogP contribution in [0, 0.1) is 11.3 Å². The maximum Gasteiger partial charge on any atom is 0.318 e. The molecule has 1 aromatic rings. The van der Waals surface area contributed by atoms with Gasteiger partial charge in [0.1, 0.15) is 11.6 Å². The van der Waals surface area contributed by atoms with Crippen LogP contribution in [0.15, 0.2) is 30.3 Å². The van der Waals surface area contributed by atoms with Gasteiger partial charge in [0.05, 0.1) is 6.07 Å². The van der Waals surface area contributed by atoms with Crippen LogP contribution in [0.25, 0.3) is 0 Å². The van der Waals surface area contributed by atoms with E-state index in [1.807, 2.05) is 6.07 Å². The Morgan fingerprint density at radius 1 is 1.24 bits per heavy atom. The molecule has 1 heterocycles. The number of benzene rings is 1. The lowest BCUT2D eigenvalue weighted by Gasteiger charge is -2.31. The zero-order valence-electron chi connectivity index (χ0n) is 16.1. The van der Waals surface area contributed by atoms with Crippen molar-refractivity contribution in [3.05, 3.63) is 35.9 Å². The molecule has 3 rings (SSSR count). The third kappa shape index (κ3) is 5.87. The number of nitrogens with zero attached hydrogens (tertiary/aromatic N) is 2. The Kier molecular flexibility index (Phi) is 6.33. The number of urea groups is 1. The molecule has 0 spiro atoms. The maximum atomic E-state index is 14.7. The number of amides is 3. The molecule has 7 nitrogen and oxygen atoms in total. The molecule has 1 aliphatic carbocycles. The lowest BCUT2D eigenvalue weighted by molar-refractivity contribution is -0.126. The summed E-state index contributed by atoms with van der Waals surface area (Å²) in [7, 11) is 0. The van der Waals surface area contributed by atoms with Crippen molar-refractivity contribution in [2.24, 2.45) is 0 Å². The number of nitrogens with one attached hydrogen (secondary N) is 3. The van der Waals surface area contributed by atoms with Gasteiger partial charge in [0.15, 0.2) is 0 Å². The number of alkyl halides is 2. The molecule has 1 aliphatic heterocycles. The van der Waals surface area contributed by atoms with Gasteiger partial charge in [-0.25, -0.2) is 13.6 Å². The number of nitriles is 1. The fourth-order valence-electron chi connectivity index (χ4n) is 3.30. The third-order valence-electron chi connectivity index (χ3n) is 5.15. The highest BCUT2D eigenvalue weighted by Crippen LogP contribution is 2.35. The molecule has 0 aromatic heterocycles. The van der Waals surface area contributed by atoms with Gasteiger partial charge in [-0.2, -0.15) is 5.26 Å². The van der Waals surface area contributed by atoms with Crippen LogP contribution >= 0.6 is 0 Å².